The fourth-order valence-corrected chi connectivity index (χ4v) is 4.73. The maximum Gasteiger partial charge on any atom is 0.0341 e. The Morgan fingerprint density at radius 1 is 1.11 bits per heavy atom. The minimum atomic E-state index is 0.578. The van der Waals surface area contributed by atoms with E-state index in [1.54, 1.807) is 0 Å². The Bertz CT molecular complexity index is 411. The number of rotatable bonds is 3. The predicted octanol–water partition coefficient (Wildman–Crippen LogP) is 4.78. The van der Waals surface area contributed by atoms with E-state index in [0.29, 0.717) is 12.1 Å². The first-order chi connectivity index (χ1) is 9.34. The number of hydrogen-bond donors (Lipinski definition) is 1. The molecule has 3 rings (SSSR count). The van der Waals surface area contributed by atoms with Crippen molar-refractivity contribution in [3.8, 4) is 0 Å². The van der Waals surface area contributed by atoms with Gasteiger partial charge in [-0.1, -0.05) is 37.5 Å². The average molecular weight is 275 g/mol. The van der Waals surface area contributed by atoms with E-state index >= 15 is 0 Å². The molecule has 2 atom stereocenters. The lowest BCUT2D eigenvalue weighted by Crippen LogP contribution is -2.38. The Labute approximate surface area is 121 Å². The molecule has 2 aliphatic rings. The van der Waals surface area contributed by atoms with Crippen molar-refractivity contribution in [2.75, 3.05) is 5.75 Å². The summed E-state index contributed by atoms with van der Waals surface area (Å²) < 4.78 is 0. The van der Waals surface area contributed by atoms with Gasteiger partial charge in [0.05, 0.1) is 0 Å². The minimum absolute atomic E-state index is 0.578. The number of fused-ring (bicyclic) bond motifs is 1. The van der Waals surface area contributed by atoms with Gasteiger partial charge in [0.25, 0.3) is 0 Å². The predicted molar refractivity (Wildman–Crippen MR) is 83.7 cm³/mol. The van der Waals surface area contributed by atoms with Gasteiger partial charge >= 0.3 is 0 Å². The number of thioether (sulfide) groups is 1. The van der Waals surface area contributed by atoms with Crippen molar-refractivity contribution in [1.29, 1.82) is 0 Å². The summed E-state index contributed by atoms with van der Waals surface area (Å²) in [5, 5.41) is 3.93. The second-order valence-corrected chi connectivity index (χ2v) is 7.22. The third-order valence-electron chi connectivity index (χ3n) is 4.78. The summed E-state index contributed by atoms with van der Waals surface area (Å²) in [5.41, 5.74) is 1.53. The number of benzene rings is 1. The summed E-state index contributed by atoms with van der Waals surface area (Å²) in [6, 6.07) is 10.2. The molecule has 1 saturated carbocycles. The molecule has 104 valence electrons. The summed E-state index contributed by atoms with van der Waals surface area (Å²) in [4.78, 5) is 1.49. The number of hydrogen-bond acceptors (Lipinski definition) is 2. The minimum Gasteiger partial charge on any atom is -0.307 e. The van der Waals surface area contributed by atoms with Crippen LogP contribution in [0.25, 0.3) is 0 Å². The SMILES string of the molecule is C[C@@H](NC1CCSc2ccccc21)C1CCCCC1. The van der Waals surface area contributed by atoms with Crippen LogP contribution in [-0.2, 0) is 0 Å². The summed E-state index contributed by atoms with van der Waals surface area (Å²) in [5.74, 6) is 2.15. The van der Waals surface area contributed by atoms with Gasteiger partial charge < -0.3 is 5.32 Å². The molecule has 1 aliphatic heterocycles. The Hall–Kier alpha value is -0.470. The van der Waals surface area contributed by atoms with Crippen molar-refractivity contribution >= 4 is 11.8 Å². The smallest absolute Gasteiger partial charge is 0.0341 e. The van der Waals surface area contributed by atoms with E-state index in [4.69, 9.17) is 0 Å². The largest absolute Gasteiger partial charge is 0.307 e. The second-order valence-electron chi connectivity index (χ2n) is 6.08. The lowest BCUT2D eigenvalue weighted by atomic mass is 9.84. The maximum atomic E-state index is 3.93. The van der Waals surface area contributed by atoms with E-state index in [1.165, 1.54) is 54.7 Å². The molecule has 1 aromatic carbocycles. The zero-order chi connectivity index (χ0) is 13.1. The summed E-state index contributed by atoms with van der Waals surface area (Å²) in [7, 11) is 0. The van der Waals surface area contributed by atoms with Crippen molar-refractivity contribution in [2.24, 2.45) is 5.92 Å². The molecule has 1 fully saturated rings. The Balaban J connectivity index is 1.66. The van der Waals surface area contributed by atoms with Crippen LogP contribution in [0.3, 0.4) is 0 Å². The van der Waals surface area contributed by atoms with Gasteiger partial charge in [0.15, 0.2) is 0 Å². The topological polar surface area (TPSA) is 12.0 Å². The third kappa shape index (κ3) is 3.17. The quantitative estimate of drug-likeness (QED) is 0.852. The van der Waals surface area contributed by atoms with Crippen LogP contribution in [-0.4, -0.2) is 11.8 Å². The van der Waals surface area contributed by atoms with Crippen molar-refractivity contribution in [2.45, 2.75) is 62.4 Å². The number of nitrogens with one attached hydrogen (secondary N) is 1. The molecule has 1 nitrogen and oxygen atoms in total. The highest BCUT2D eigenvalue weighted by molar-refractivity contribution is 7.99. The van der Waals surface area contributed by atoms with Gasteiger partial charge in [-0.25, -0.2) is 0 Å². The maximum absolute atomic E-state index is 3.93. The van der Waals surface area contributed by atoms with E-state index in [0.717, 1.165) is 5.92 Å². The van der Waals surface area contributed by atoms with Crippen molar-refractivity contribution < 1.29 is 0 Å². The van der Waals surface area contributed by atoms with Crippen LogP contribution in [0.15, 0.2) is 29.2 Å². The van der Waals surface area contributed by atoms with Gasteiger partial charge in [-0.2, -0.15) is 0 Å². The van der Waals surface area contributed by atoms with Crippen LogP contribution in [0.4, 0.5) is 0 Å². The molecular weight excluding hydrogens is 250 g/mol. The van der Waals surface area contributed by atoms with E-state index in [9.17, 15) is 0 Å². The summed E-state index contributed by atoms with van der Waals surface area (Å²) in [6.07, 6.45) is 8.46. The molecule has 0 aromatic heterocycles. The van der Waals surface area contributed by atoms with Gasteiger partial charge in [-0.15, -0.1) is 11.8 Å². The van der Waals surface area contributed by atoms with Gasteiger partial charge in [-0.3, -0.25) is 0 Å². The molecule has 0 saturated heterocycles. The van der Waals surface area contributed by atoms with E-state index in [2.05, 4.69) is 36.5 Å². The Morgan fingerprint density at radius 2 is 1.89 bits per heavy atom. The first-order valence-corrected chi connectivity index (χ1v) is 8.81. The zero-order valence-electron chi connectivity index (χ0n) is 11.9. The molecule has 19 heavy (non-hydrogen) atoms. The van der Waals surface area contributed by atoms with Gasteiger partial charge in [0, 0.05) is 17.0 Å². The molecule has 1 aromatic rings. The van der Waals surface area contributed by atoms with E-state index in [-0.39, 0.29) is 0 Å². The first kappa shape index (κ1) is 13.5. The summed E-state index contributed by atoms with van der Waals surface area (Å²) in [6.45, 7) is 2.40. The Kier molecular flexibility index (Phi) is 4.49. The lowest BCUT2D eigenvalue weighted by Gasteiger charge is -2.34. The highest BCUT2D eigenvalue weighted by Crippen LogP contribution is 2.37. The molecule has 1 unspecified atom stereocenters. The molecule has 1 aliphatic carbocycles. The van der Waals surface area contributed by atoms with E-state index < -0.39 is 0 Å². The van der Waals surface area contributed by atoms with Crippen molar-refractivity contribution in [1.82, 2.24) is 5.32 Å². The van der Waals surface area contributed by atoms with Crippen LogP contribution in [0.1, 0.15) is 57.1 Å². The molecule has 2 heteroatoms. The Morgan fingerprint density at radius 3 is 2.74 bits per heavy atom. The van der Waals surface area contributed by atoms with Crippen LogP contribution < -0.4 is 5.32 Å². The molecule has 0 bridgehead atoms. The third-order valence-corrected chi connectivity index (χ3v) is 5.90. The zero-order valence-corrected chi connectivity index (χ0v) is 12.7. The fraction of sp³-hybridized carbons (Fsp3) is 0.647. The van der Waals surface area contributed by atoms with Crippen LogP contribution >= 0.6 is 11.8 Å². The fourth-order valence-electron chi connectivity index (χ4n) is 3.60. The standard InChI is InChI=1S/C17H25NS/c1-13(14-7-3-2-4-8-14)18-16-11-12-19-17-10-6-5-9-15(16)17/h5-6,9-10,13-14,16,18H,2-4,7-8,11-12H2,1H3/t13-,16?/m1/s1. The van der Waals surface area contributed by atoms with Crippen LogP contribution in [0.5, 0.6) is 0 Å². The van der Waals surface area contributed by atoms with Gasteiger partial charge in [0.1, 0.15) is 0 Å². The normalized spacial score (nSPS) is 25.8. The molecule has 0 radical (unpaired) electrons. The molecule has 1 heterocycles. The van der Waals surface area contributed by atoms with E-state index in [1.807, 2.05) is 11.8 Å². The second kappa shape index (κ2) is 6.32. The molecule has 1 N–H and O–H groups in total. The van der Waals surface area contributed by atoms with Gasteiger partial charge in [-0.05, 0) is 49.5 Å². The van der Waals surface area contributed by atoms with Crippen LogP contribution in [0, 0.1) is 5.92 Å². The lowest BCUT2D eigenvalue weighted by molar-refractivity contribution is 0.261. The average Bonchev–Trinajstić information content (AvgIpc) is 2.48. The molecule has 0 spiro atoms. The first-order valence-electron chi connectivity index (χ1n) is 7.82. The highest BCUT2D eigenvalue weighted by atomic mass is 32.2. The molecule has 0 amide bonds. The highest BCUT2D eigenvalue weighted by Gasteiger charge is 2.25. The van der Waals surface area contributed by atoms with Crippen molar-refractivity contribution in [3.63, 3.8) is 0 Å². The van der Waals surface area contributed by atoms with Crippen molar-refractivity contribution in [3.05, 3.63) is 29.8 Å². The monoisotopic (exact) mass is 275 g/mol. The summed E-state index contributed by atoms with van der Waals surface area (Å²) >= 11 is 2.02. The molecular formula is C17H25NS. The van der Waals surface area contributed by atoms with Gasteiger partial charge in [0.2, 0.25) is 0 Å². The van der Waals surface area contributed by atoms with Crippen LogP contribution in [0.2, 0.25) is 0 Å².